The Labute approximate surface area is 153 Å². The van der Waals surface area contributed by atoms with Gasteiger partial charge in [0.05, 0.1) is 11.9 Å². The standard InChI is InChI=1S/C17H27N7O2/c1-18-17(19-7-3-4-15(25)21-13-5-6-13)23-8-9-24(16(26)12-23)14-10-20-22(2)11-14/h10-11,13H,3-9,12H2,1-2H3,(H,18,19)(H,21,25). The first-order valence-corrected chi connectivity index (χ1v) is 9.11. The van der Waals surface area contributed by atoms with E-state index in [1.54, 1.807) is 22.8 Å². The predicted molar refractivity (Wildman–Crippen MR) is 98.9 cm³/mol. The van der Waals surface area contributed by atoms with Crippen LogP contribution in [0, 0.1) is 0 Å². The highest BCUT2D eigenvalue weighted by atomic mass is 16.2. The number of hydrogen-bond donors (Lipinski definition) is 2. The van der Waals surface area contributed by atoms with Crippen molar-refractivity contribution >= 4 is 23.5 Å². The highest BCUT2D eigenvalue weighted by Crippen LogP contribution is 2.18. The maximum Gasteiger partial charge on any atom is 0.246 e. The third kappa shape index (κ3) is 4.74. The topological polar surface area (TPSA) is 94.9 Å². The minimum atomic E-state index is 0.0241. The van der Waals surface area contributed by atoms with Crippen molar-refractivity contribution in [3.63, 3.8) is 0 Å². The molecule has 0 radical (unpaired) electrons. The number of carbonyl (C=O) groups excluding carboxylic acids is 2. The Balaban J connectivity index is 1.42. The fourth-order valence-corrected chi connectivity index (χ4v) is 2.98. The van der Waals surface area contributed by atoms with Crippen molar-refractivity contribution in [1.82, 2.24) is 25.3 Å². The fraction of sp³-hybridized carbons (Fsp3) is 0.647. The Morgan fingerprint density at radius 1 is 1.38 bits per heavy atom. The number of guanidine groups is 1. The van der Waals surface area contributed by atoms with Gasteiger partial charge in [-0.2, -0.15) is 5.10 Å². The number of anilines is 1. The Morgan fingerprint density at radius 2 is 2.19 bits per heavy atom. The summed E-state index contributed by atoms with van der Waals surface area (Å²) in [6.07, 6.45) is 7.00. The molecule has 0 bridgehead atoms. The van der Waals surface area contributed by atoms with Gasteiger partial charge in [0.1, 0.15) is 6.54 Å². The van der Waals surface area contributed by atoms with Crippen LogP contribution in [0.3, 0.4) is 0 Å². The Hall–Kier alpha value is -2.58. The van der Waals surface area contributed by atoms with Gasteiger partial charge in [-0.1, -0.05) is 0 Å². The van der Waals surface area contributed by atoms with Crippen molar-refractivity contribution in [3.05, 3.63) is 12.4 Å². The molecule has 26 heavy (non-hydrogen) atoms. The highest BCUT2D eigenvalue weighted by Gasteiger charge is 2.27. The van der Waals surface area contributed by atoms with E-state index in [-0.39, 0.29) is 18.4 Å². The first kappa shape index (κ1) is 18.2. The summed E-state index contributed by atoms with van der Waals surface area (Å²) in [7, 11) is 3.54. The second-order valence-electron chi connectivity index (χ2n) is 6.76. The fourth-order valence-electron chi connectivity index (χ4n) is 2.98. The van der Waals surface area contributed by atoms with Crippen molar-refractivity contribution < 1.29 is 9.59 Å². The highest BCUT2D eigenvalue weighted by molar-refractivity contribution is 5.98. The van der Waals surface area contributed by atoms with Crippen LogP contribution >= 0.6 is 0 Å². The lowest BCUT2D eigenvalue weighted by molar-refractivity contribution is -0.121. The molecule has 1 aliphatic carbocycles. The minimum absolute atomic E-state index is 0.0241. The zero-order valence-electron chi connectivity index (χ0n) is 15.4. The molecule has 2 aliphatic rings. The molecule has 0 spiro atoms. The number of piperazine rings is 1. The number of amides is 2. The van der Waals surface area contributed by atoms with Gasteiger partial charge in [0, 0.05) is 52.4 Å². The van der Waals surface area contributed by atoms with E-state index in [1.807, 2.05) is 18.1 Å². The Bertz CT molecular complexity index is 680. The van der Waals surface area contributed by atoms with Crippen molar-refractivity contribution in [1.29, 1.82) is 0 Å². The maximum atomic E-state index is 12.5. The van der Waals surface area contributed by atoms with Gasteiger partial charge in [-0.05, 0) is 19.3 Å². The van der Waals surface area contributed by atoms with Crippen molar-refractivity contribution in [3.8, 4) is 0 Å². The lowest BCUT2D eigenvalue weighted by Gasteiger charge is -2.35. The van der Waals surface area contributed by atoms with Crippen LogP contribution in [0.5, 0.6) is 0 Å². The van der Waals surface area contributed by atoms with Gasteiger partial charge in [-0.15, -0.1) is 0 Å². The molecule has 1 saturated carbocycles. The molecule has 142 valence electrons. The van der Waals surface area contributed by atoms with E-state index in [9.17, 15) is 9.59 Å². The summed E-state index contributed by atoms with van der Waals surface area (Å²) >= 11 is 0. The second-order valence-corrected chi connectivity index (χ2v) is 6.76. The number of aliphatic imine (C=N–C) groups is 1. The van der Waals surface area contributed by atoms with E-state index in [0.29, 0.717) is 38.1 Å². The number of carbonyl (C=O) groups is 2. The molecule has 9 heteroatoms. The first-order valence-electron chi connectivity index (χ1n) is 9.11. The van der Waals surface area contributed by atoms with Crippen LogP contribution < -0.4 is 15.5 Å². The molecule has 1 aliphatic heterocycles. The number of aryl methyl sites for hydroxylation is 1. The molecule has 1 aromatic heterocycles. The number of hydrogen-bond acceptors (Lipinski definition) is 4. The molecule has 2 amide bonds. The van der Waals surface area contributed by atoms with Gasteiger partial charge < -0.3 is 20.4 Å². The van der Waals surface area contributed by atoms with Crippen LogP contribution in [-0.2, 0) is 16.6 Å². The van der Waals surface area contributed by atoms with E-state index in [1.165, 1.54) is 0 Å². The summed E-state index contributed by atoms with van der Waals surface area (Å²) in [6.45, 7) is 2.22. The molecule has 0 aromatic carbocycles. The number of rotatable bonds is 6. The largest absolute Gasteiger partial charge is 0.356 e. The average Bonchev–Trinajstić information content (AvgIpc) is 3.32. The lowest BCUT2D eigenvalue weighted by atomic mass is 10.2. The normalized spacial score (nSPS) is 18.2. The van der Waals surface area contributed by atoms with E-state index < -0.39 is 0 Å². The van der Waals surface area contributed by atoms with E-state index in [2.05, 4.69) is 20.7 Å². The zero-order valence-corrected chi connectivity index (χ0v) is 15.4. The molecule has 1 saturated heterocycles. The monoisotopic (exact) mass is 361 g/mol. The van der Waals surface area contributed by atoms with Gasteiger partial charge in [-0.3, -0.25) is 19.3 Å². The van der Waals surface area contributed by atoms with Crippen LogP contribution in [0.25, 0.3) is 0 Å². The summed E-state index contributed by atoms with van der Waals surface area (Å²) in [5.74, 6) is 0.840. The van der Waals surface area contributed by atoms with E-state index in [0.717, 1.165) is 24.9 Å². The zero-order chi connectivity index (χ0) is 18.5. The van der Waals surface area contributed by atoms with Gasteiger partial charge in [0.2, 0.25) is 11.8 Å². The smallest absolute Gasteiger partial charge is 0.246 e. The molecule has 0 unspecified atom stereocenters. The molecule has 9 nitrogen and oxygen atoms in total. The molecule has 0 atom stereocenters. The summed E-state index contributed by atoms with van der Waals surface area (Å²) < 4.78 is 1.69. The van der Waals surface area contributed by atoms with Crippen LogP contribution in [-0.4, -0.2) is 71.7 Å². The number of nitrogens with zero attached hydrogens (tertiary/aromatic N) is 5. The average molecular weight is 361 g/mol. The minimum Gasteiger partial charge on any atom is -0.356 e. The molecule has 2 heterocycles. The van der Waals surface area contributed by atoms with Crippen molar-refractivity contribution in [2.45, 2.75) is 31.7 Å². The molecule has 2 fully saturated rings. The van der Waals surface area contributed by atoms with Crippen molar-refractivity contribution in [2.75, 3.05) is 38.1 Å². The summed E-state index contributed by atoms with van der Waals surface area (Å²) in [5.41, 5.74) is 0.821. The third-order valence-corrected chi connectivity index (χ3v) is 4.54. The molecular weight excluding hydrogens is 334 g/mol. The third-order valence-electron chi connectivity index (χ3n) is 4.54. The van der Waals surface area contributed by atoms with Crippen molar-refractivity contribution in [2.24, 2.45) is 12.0 Å². The van der Waals surface area contributed by atoms with Gasteiger partial charge in [-0.25, -0.2) is 0 Å². The summed E-state index contributed by atoms with van der Waals surface area (Å²) in [4.78, 5) is 32.1. The van der Waals surface area contributed by atoms with Gasteiger partial charge in [0.25, 0.3) is 0 Å². The molecule has 1 aromatic rings. The first-order chi connectivity index (χ1) is 12.6. The number of nitrogens with one attached hydrogen (secondary N) is 2. The second kappa shape index (κ2) is 8.20. The Kier molecular flexibility index (Phi) is 5.75. The Morgan fingerprint density at radius 3 is 2.81 bits per heavy atom. The molecular formula is C17H27N7O2. The van der Waals surface area contributed by atoms with Crippen LogP contribution in [0.15, 0.2) is 17.4 Å². The van der Waals surface area contributed by atoms with Gasteiger partial charge in [0.15, 0.2) is 5.96 Å². The lowest BCUT2D eigenvalue weighted by Crippen LogP contribution is -2.55. The predicted octanol–water partition coefficient (Wildman–Crippen LogP) is -0.297. The van der Waals surface area contributed by atoms with Crippen LogP contribution in [0.2, 0.25) is 0 Å². The van der Waals surface area contributed by atoms with Gasteiger partial charge >= 0.3 is 0 Å². The molecule has 2 N–H and O–H groups in total. The number of aromatic nitrogens is 2. The summed E-state index contributed by atoms with van der Waals surface area (Å²) in [6, 6.07) is 0.408. The van der Waals surface area contributed by atoms with E-state index in [4.69, 9.17) is 0 Å². The quantitative estimate of drug-likeness (QED) is 0.412. The van der Waals surface area contributed by atoms with E-state index >= 15 is 0 Å². The SMILES string of the molecule is CN=C(NCCCC(=O)NC1CC1)N1CCN(c2cnn(C)c2)C(=O)C1. The van der Waals surface area contributed by atoms with Crippen LogP contribution in [0.4, 0.5) is 5.69 Å². The van der Waals surface area contributed by atoms with Crippen LogP contribution in [0.1, 0.15) is 25.7 Å². The summed E-state index contributed by atoms with van der Waals surface area (Å²) in [5, 5.41) is 10.4. The molecule has 3 rings (SSSR count). The maximum absolute atomic E-state index is 12.5.